The van der Waals surface area contributed by atoms with Crippen LogP contribution >= 0.6 is 0 Å². The van der Waals surface area contributed by atoms with Gasteiger partial charge < -0.3 is 15.7 Å². The van der Waals surface area contributed by atoms with E-state index in [4.69, 9.17) is 5.11 Å². The second-order valence-corrected chi connectivity index (χ2v) is 4.01. The van der Waals surface area contributed by atoms with E-state index in [1.54, 1.807) is 0 Å². The van der Waals surface area contributed by atoms with Crippen molar-refractivity contribution in [3.63, 3.8) is 0 Å². The lowest BCUT2D eigenvalue weighted by atomic mass is 10.2. The van der Waals surface area contributed by atoms with Crippen molar-refractivity contribution in [3.8, 4) is 0 Å². The van der Waals surface area contributed by atoms with Gasteiger partial charge in [0.05, 0.1) is 0 Å². The van der Waals surface area contributed by atoms with Crippen molar-refractivity contribution in [3.05, 3.63) is 0 Å². The van der Waals surface area contributed by atoms with Crippen molar-refractivity contribution >= 4 is 6.03 Å². The molecule has 1 rings (SSSR count). The first-order chi connectivity index (χ1) is 6.72. The van der Waals surface area contributed by atoms with E-state index in [2.05, 4.69) is 10.6 Å². The fraction of sp³-hybridized carbons (Fsp3) is 0.900. The van der Waals surface area contributed by atoms with Crippen LogP contribution in [0.25, 0.3) is 0 Å². The van der Waals surface area contributed by atoms with Gasteiger partial charge in [-0.1, -0.05) is 12.8 Å². The Kier molecular flexibility index (Phi) is 4.73. The Labute approximate surface area is 85.1 Å². The second-order valence-electron chi connectivity index (χ2n) is 4.01. The van der Waals surface area contributed by atoms with Crippen LogP contribution in [-0.4, -0.2) is 29.8 Å². The third-order valence-corrected chi connectivity index (χ3v) is 2.63. The van der Waals surface area contributed by atoms with Crippen molar-refractivity contribution in [1.82, 2.24) is 10.6 Å². The van der Waals surface area contributed by atoms with Gasteiger partial charge in [0, 0.05) is 18.7 Å². The lowest BCUT2D eigenvalue weighted by Crippen LogP contribution is -2.44. The van der Waals surface area contributed by atoms with Gasteiger partial charge >= 0.3 is 6.03 Å². The number of aliphatic hydroxyl groups excluding tert-OH is 1. The quantitative estimate of drug-likeness (QED) is 0.634. The Morgan fingerprint density at radius 1 is 1.50 bits per heavy atom. The molecule has 4 heteroatoms. The van der Waals surface area contributed by atoms with Crippen LogP contribution in [-0.2, 0) is 0 Å². The van der Waals surface area contributed by atoms with Crippen LogP contribution in [0.4, 0.5) is 4.79 Å². The summed E-state index contributed by atoms with van der Waals surface area (Å²) in [6, 6.07) is 0.301. The van der Waals surface area contributed by atoms with E-state index < -0.39 is 0 Å². The van der Waals surface area contributed by atoms with Crippen molar-refractivity contribution in [2.75, 3.05) is 6.61 Å². The van der Waals surface area contributed by atoms with E-state index in [9.17, 15) is 4.79 Å². The lowest BCUT2D eigenvalue weighted by molar-refractivity contribution is 0.227. The third-order valence-electron chi connectivity index (χ3n) is 2.63. The highest BCUT2D eigenvalue weighted by Crippen LogP contribution is 2.17. The monoisotopic (exact) mass is 200 g/mol. The molecule has 2 amide bonds. The first kappa shape index (κ1) is 11.3. The number of amides is 2. The first-order valence-electron chi connectivity index (χ1n) is 5.40. The van der Waals surface area contributed by atoms with E-state index in [-0.39, 0.29) is 18.7 Å². The third kappa shape index (κ3) is 3.96. The number of nitrogens with one attached hydrogen (secondary N) is 2. The largest absolute Gasteiger partial charge is 0.396 e. The summed E-state index contributed by atoms with van der Waals surface area (Å²) in [6.07, 6.45) is 5.25. The number of aliphatic hydroxyl groups is 1. The molecule has 0 aromatic rings. The van der Waals surface area contributed by atoms with Gasteiger partial charge in [0.25, 0.3) is 0 Å². The number of carbonyl (C=O) groups excluding carboxylic acids is 1. The highest BCUT2D eigenvalue weighted by atomic mass is 16.3. The molecule has 1 aliphatic carbocycles. The summed E-state index contributed by atoms with van der Waals surface area (Å²) in [5.74, 6) is 0. The summed E-state index contributed by atoms with van der Waals surface area (Å²) in [7, 11) is 0. The minimum absolute atomic E-state index is 0.0430. The molecule has 0 heterocycles. The molecule has 1 saturated carbocycles. The number of hydrogen-bond donors (Lipinski definition) is 3. The Bertz CT molecular complexity index is 179. The number of hydrogen-bond acceptors (Lipinski definition) is 2. The molecule has 3 N–H and O–H groups in total. The average Bonchev–Trinajstić information content (AvgIpc) is 2.56. The molecule has 0 aromatic heterocycles. The molecule has 0 aromatic carbocycles. The summed E-state index contributed by atoms with van der Waals surface area (Å²) >= 11 is 0. The zero-order chi connectivity index (χ0) is 10.4. The van der Waals surface area contributed by atoms with Crippen molar-refractivity contribution in [2.24, 2.45) is 0 Å². The topological polar surface area (TPSA) is 61.4 Å². The summed E-state index contributed by atoms with van der Waals surface area (Å²) in [5.41, 5.74) is 0. The van der Waals surface area contributed by atoms with E-state index >= 15 is 0 Å². The van der Waals surface area contributed by atoms with Crippen LogP contribution in [0.5, 0.6) is 0 Å². The molecule has 1 fully saturated rings. The van der Waals surface area contributed by atoms with E-state index in [1.165, 1.54) is 12.8 Å². The van der Waals surface area contributed by atoms with Crippen molar-refractivity contribution in [1.29, 1.82) is 0 Å². The molecule has 1 atom stereocenters. The van der Waals surface area contributed by atoms with Crippen LogP contribution in [0.3, 0.4) is 0 Å². The molecule has 0 aliphatic heterocycles. The molecule has 1 aliphatic rings. The fourth-order valence-electron chi connectivity index (χ4n) is 1.79. The van der Waals surface area contributed by atoms with Gasteiger partial charge in [0.1, 0.15) is 0 Å². The predicted molar refractivity (Wildman–Crippen MR) is 55.1 cm³/mol. The molecule has 82 valence electrons. The number of carbonyl (C=O) groups is 1. The van der Waals surface area contributed by atoms with Crippen LogP contribution < -0.4 is 10.6 Å². The highest BCUT2D eigenvalue weighted by Gasteiger charge is 2.17. The Morgan fingerprint density at radius 3 is 2.71 bits per heavy atom. The average molecular weight is 200 g/mol. The lowest BCUT2D eigenvalue weighted by Gasteiger charge is -2.16. The molecule has 0 spiro atoms. The molecule has 4 nitrogen and oxygen atoms in total. The second kappa shape index (κ2) is 5.86. The minimum atomic E-state index is -0.0992. The van der Waals surface area contributed by atoms with Gasteiger partial charge in [-0.3, -0.25) is 0 Å². The fourth-order valence-corrected chi connectivity index (χ4v) is 1.79. The smallest absolute Gasteiger partial charge is 0.315 e. The summed E-state index contributed by atoms with van der Waals surface area (Å²) in [5, 5.41) is 14.4. The van der Waals surface area contributed by atoms with Crippen LogP contribution in [0, 0.1) is 0 Å². The Balaban J connectivity index is 2.14. The van der Waals surface area contributed by atoms with E-state index in [0.717, 1.165) is 12.8 Å². The maximum atomic E-state index is 11.4. The van der Waals surface area contributed by atoms with Gasteiger partial charge in [-0.15, -0.1) is 0 Å². The van der Waals surface area contributed by atoms with Gasteiger partial charge in [0.15, 0.2) is 0 Å². The van der Waals surface area contributed by atoms with Gasteiger partial charge in [-0.2, -0.15) is 0 Å². The summed E-state index contributed by atoms with van der Waals surface area (Å²) in [6.45, 7) is 2.01. The Hall–Kier alpha value is -0.770. The Morgan fingerprint density at radius 2 is 2.14 bits per heavy atom. The standard InChI is InChI=1S/C10H20N2O2/c1-8(6-7-13)11-10(14)12-9-4-2-3-5-9/h8-9,13H,2-7H2,1H3,(H2,11,12,14). The maximum Gasteiger partial charge on any atom is 0.315 e. The molecule has 0 radical (unpaired) electrons. The number of rotatable bonds is 4. The van der Waals surface area contributed by atoms with Crippen LogP contribution in [0.15, 0.2) is 0 Å². The summed E-state index contributed by atoms with van der Waals surface area (Å²) < 4.78 is 0. The zero-order valence-electron chi connectivity index (χ0n) is 8.75. The molecule has 14 heavy (non-hydrogen) atoms. The molecular weight excluding hydrogens is 180 g/mol. The molecule has 1 unspecified atom stereocenters. The molecule has 0 saturated heterocycles. The maximum absolute atomic E-state index is 11.4. The van der Waals surface area contributed by atoms with E-state index in [0.29, 0.717) is 12.5 Å². The van der Waals surface area contributed by atoms with Crippen molar-refractivity contribution in [2.45, 2.75) is 51.1 Å². The molecule has 0 bridgehead atoms. The predicted octanol–water partition coefficient (Wildman–Crippen LogP) is 0.999. The van der Waals surface area contributed by atoms with Gasteiger partial charge in [0.2, 0.25) is 0 Å². The zero-order valence-corrected chi connectivity index (χ0v) is 8.75. The van der Waals surface area contributed by atoms with Crippen molar-refractivity contribution < 1.29 is 9.90 Å². The number of urea groups is 1. The van der Waals surface area contributed by atoms with Crippen LogP contribution in [0.2, 0.25) is 0 Å². The SMILES string of the molecule is CC(CCO)NC(=O)NC1CCCC1. The van der Waals surface area contributed by atoms with Gasteiger partial charge in [-0.25, -0.2) is 4.79 Å². The molecular formula is C10H20N2O2. The first-order valence-corrected chi connectivity index (χ1v) is 5.40. The minimum Gasteiger partial charge on any atom is -0.396 e. The highest BCUT2D eigenvalue weighted by molar-refractivity contribution is 5.74. The normalized spacial score (nSPS) is 19.3. The van der Waals surface area contributed by atoms with Gasteiger partial charge in [-0.05, 0) is 26.2 Å². The summed E-state index contributed by atoms with van der Waals surface area (Å²) in [4.78, 5) is 11.4. The van der Waals surface area contributed by atoms with E-state index in [1.807, 2.05) is 6.92 Å². The van der Waals surface area contributed by atoms with Crippen LogP contribution in [0.1, 0.15) is 39.0 Å².